The lowest BCUT2D eigenvalue weighted by molar-refractivity contribution is 0.112. The Morgan fingerprint density at radius 2 is 1.54 bits per heavy atom. The first kappa shape index (κ1) is 20.6. The Labute approximate surface area is 162 Å². The maximum Gasteiger partial charge on any atom is 0.186 e. The quantitative estimate of drug-likeness (QED) is 0.294. The topological polar surface area (TPSA) is 33.2 Å². The van der Waals surface area contributed by atoms with E-state index in [-0.39, 0.29) is 0 Å². The summed E-state index contributed by atoms with van der Waals surface area (Å²) in [5.41, 5.74) is 1.85. The molecule has 0 radical (unpaired) electrons. The van der Waals surface area contributed by atoms with Gasteiger partial charge in [0.2, 0.25) is 0 Å². The highest BCUT2D eigenvalue weighted by Crippen LogP contribution is 2.32. The number of aromatic nitrogens is 1. The van der Waals surface area contributed by atoms with E-state index in [4.69, 9.17) is 4.98 Å². The smallest absolute Gasteiger partial charge is 0.186 e. The summed E-state index contributed by atoms with van der Waals surface area (Å²) < 4.78 is 0. The van der Waals surface area contributed by atoms with Gasteiger partial charge >= 0.3 is 0 Å². The van der Waals surface area contributed by atoms with Gasteiger partial charge < -0.3 is 4.90 Å². The van der Waals surface area contributed by atoms with Crippen molar-refractivity contribution in [2.24, 2.45) is 0 Å². The number of nitrogens with zero attached hydrogens (tertiary/aromatic N) is 2. The second kappa shape index (κ2) is 11.8. The van der Waals surface area contributed by atoms with Crippen molar-refractivity contribution in [1.29, 1.82) is 0 Å². The maximum atomic E-state index is 11.6. The molecule has 4 heteroatoms. The lowest BCUT2D eigenvalue weighted by atomic mass is 10.1. The minimum atomic E-state index is 0.735. The summed E-state index contributed by atoms with van der Waals surface area (Å²) in [6.45, 7) is 6.55. The molecule has 0 bridgehead atoms. The van der Waals surface area contributed by atoms with Crippen molar-refractivity contribution in [2.45, 2.75) is 65.2 Å². The minimum absolute atomic E-state index is 0.735. The second-order valence-electron chi connectivity index (χ2n) is 6.80. The molecule has 142 valence electrons. The average molecular weight is 373 g/mol. The highest BCUT2D eigenvalue weighted by atomic mass is 32.1. The Balaban J connectivity index is 2.14. The van der Waals surface area contributed by atoms with Crippen LogP contribution in [-0.4, -0.2) is 24.4 Å². The molecule has 0 unspecified atom stereocenters. The van der Waals surface area contributed by atoms with Gasteiger partial charge in [0, 0.05) is 18.7 Å². The van der Waals surface area contributed by atoms with Gasteiger partial charge in [-0.1, -0.05) is 94.0 Å². The summed E-state index contributed by atoms with van der Waals surface area (Å²) in [5.74, 6) is 0. The van der Waals surface area contributed by atoms with Crippen LogP contribution in [0.15, 0.2) is 30.3 Å². The molecule has 0 atom stereocenters. The van der Waals surface area contributed by atoms with E-state index in [0.29, 0.717) is 0 Å². The van der Waals surface area contributed by atoms with Gasteiger partial charge in [-0.2, -0.15) is 0 Å². The van der Waals surface area contributed by atoms with Crippen LogP contribution in [0.3, 0.4) is 0 Å². The highest BCUT2D eigenvalue weighted by Gasteiger charge is 2.17. The van der Waals surface area contributed by atoms with E-state index >= 15 is 0 Å². The number of anilines is 1. The molecule has 0 N–H and O–H groups in total. The first-order valence-corrected chi connectivity index (χ1v) is 10.9. The third kappa shape index (κ3) is 6.24. The van der Waals surface area contributed by atoms with Crippen LogP contribution in [0.1, 0.15) is 74.9 Å². The third-order valence-corrected chi connectivity index (χ3v) is 5.67. The van der Waals surface area contributed by atoms with Gasteiger partial charge in [-0.05, 0) is 12.8 Å². The molecule has 26 heavy (non-hydrogen) atoms. The van der Waals surface area contributed by atoms with E-state index in [1.807, 2.05) is 30.3 Å². The van der Waals surface area contributed by atoms with Gasteiger partial charge in [-0.25, -0.2) is 4.98 Å². The zero-order valence-corrected chi connectivity index (χ0v) is 17.1. The van der Waals surface area contributed by atoms with Crippen LogP contribution in [0.25, 0.3) is 11.3 Å². The number of aldehydes is 1. The largest absolute Gasteiger partial charge is 0.348 e. The number of benzene rings is 1. The molecular weight excluding hydrogens is 340 g/mol. The monoisotopic (exact) mass is 372 g/mol. The zero-order valence-electron chi connectivity index (χ0n) is 16.2. The van der Waals surface area contributed by atoms with Gasteiger partial charge in [-0.3, -0.25) is 4.79 Å². The first-order valence-electron chi connectivity index (χ1n) is 10.1. The van der Waals surface area contributed by atoms with Crippen LogP contribution < -0.4 is 4.90 Å². The number of thiazole rings is 1. The molecule has 0 aliphatic rings. The lowest BCUT2D eigenvalue weighted by Gasteiger charge is -2.22. The number of carbonyl (C=O) groups is 1. The SMILES string of the molecule is CCCCCCN(CCCCCC)c1nc(-c2ccccc2)c(C=O)s1. The van der Waals surface area contributed by atoms with E-state index < -0.39 is 0 Å². The van der Waals surface area contributed by atoms with Crippen LogP contribution in [0.4, 0.5) is 5.13 Å². The molecule has 2 aromatic rings. The first-order chi connectivity index (χ1) is 12.8. The van der Waals surface area contributed by atoms with Gasteiger partial charge in [-0.15, -0.1) is 0 Å². The van der Waals surface area contributed by atoms with Crippen LogP contribution in [0.2, 0.25) is 0 Å². The molecule has 1 aromatic carbocycles. The Morgan fingerprint density at radius 1 is 0.923 bits per heavy atom. The van der Waals surface area contributed by atoms with Crippen molar-refractivity contribution < 1.29 is 4.79 Å². The molecule has 0 aliphatic carbocycles. The predicted molar refractivity (Wildman–Crippen MR) is 113 cm³/mol. The standard InChI is InChI=1S/C22H32N2OS/c1-3-5-7-12-16-24(17-13-8-6-4-2)22-23-21(20(18-25)26-22)19-14-10-9-11-15-19/h9-11,14-15,18H,3-8,12-13,16-17H2,1-2H3. The second-order valence-corrected chi connectivity index (χ2v) is 7.81. The van der Waals surface area contributed by atoms with Crippen molar-refractivity contribution in [2.75, 3.05) is 18.0 Å². The fraction of sp³-hybridized carbons (Fsp3) is 0.545. The minimum Gasteiger partial charge on any atom is -0.348 e. The van der Waals surface area contributed by atoms with Crippen LogP contribution >= 0.6 is 11.3 Å². The summed E-state index contributed by atoms with van der Waals surface area (Å²) >= 11 is 1.54. The van der Waals surface area contributed by atoms with E-state index in [2.05, 4.69) is 18.7 Å². The number of hydrogen-bond acceptors (Lipinski definition) is 4. The number of hydrogen-bond donors (Lipinski definition) is 0. The number of rotatable bonds is 13. The Kier molecular flexibility index (Phi) is 9.40. The van der Waals surface area contributed by atoms with E-state index in [9.17, 15) is 4.79 Å². The van der Waals surface area contributed by atoms with Gasteiger partial charge in [0.15, 0.2) is 11.4 Å². The van der Waals surface area contributed by atoms with E-state index in [1.54, 1.807) is 0 Å². The van der Waals surface area contributed by atoms with Crippen molar-refractivity contribution in [3.8, 4) is 11.3 Å². The number of carbonyl (C=O) groups excluding carboxylic acids is 1. The molecular formula is C22H32N2OS. The van der Waals surface area contributed by atoms with Crippen LogP contribution in [0.5, 0.6) is 0 Å². The Hall–Kier alpha value is -1.68. The molecule has 3 nitrogen and oxygen atoms in total. The molecule has 0 saturated heterocycles. The fourth-order valence-electron chi connectivity index (χ4n) is 3.10. The number of unbranched alkanes of at least 4 members (excludes halogenated alkanes) is 6. The molecule has 0 amide bonds. The maximum absolute atomic E-state index is 11.6. The van der Waals surface area contributed by atoms with Gasteiger partial charge in [0.25, 0.3) is 0 Å². The van der Waals surface area contributed by atoms with Crippen molar-refractivity contribution >= 4 is 22.8 Å². The van der Waals surface area contributed by atoms with Crippen molar-refractivity contribution in [3.05, 3.63) is 35.2 Å². The Bertz CT molecular complexity index is 627. The van der Waals surface area contributed by atoms with Gasteiger partial charge in [0.05, 0.1) is 10.6 Å². The predicted octanol–water partition coefficient (Wildman–Crippen LogP) is 6.59. The van der Waals surface area contributed by atoms with Crippen molar-refractivity contribution in [3.63, 3.8) is 0 Å². The summed E-state index contributed by atoms with van der Waals surface area (Å²) in [6, 6.07) is 10.0. The summed E-state index contributed by atoms with van der Waals surface area (Å²) in [5, 5.41) is 0.999. The highest BCUT2D eigenvalue weighted by molar-refractivity contribution is 7.17. The van der Waals surface area contributed by atoms with Crippen LogP contribution in [-0.2, 0) is 0 Å². The Morgan fingerprint density at radius 3 is 2.08 bits per heavy atom. The molecule has 1 aromatic heterocycles. The molecule has 0 saturated carbocycles. The molecule has 0 spiro atoms. The average Bonchev–Trinajstić information content (AvgIpc) is 3.12. The summed E-state index contributed by atoms with van der Waals surface area (Å²) in [6.07, 6.45) is 10.9. The fourth-order valence-corrected chi connectivity index (χ4v) is 4.05. The molecule has 2 rings (SSSR count). The summed E-state index contributed by atoms with van der Waals surface area (Å²) in [4.78, 5) is 19.6. The van der Waals surface area contributed by atoms with Gasteiger partial charge in [0.1, 0.15) is 0 Å². The molecule has 0 fully saturated rings. The third-order valence-electron chi connectivity index (χ3n) is 4.63. The molecule has 0 aliphatic heterocycles. The van der Waals surface area contributed by atoms with E-state index in [1.165, 1.54) is 62.7 Å². The van der Waals surface area contributed by atoms with Crippen LogP contribution in [0, 0.1) is 0 Å². The van der Waals surface area contributed by atoms with Crippen molar-refractivity contribution in [1.82, 2.24) is 4.98 Å². The van der Waals surface area contributed by atoms with E-state index in [0.717, 1.165) is 40.6 Å². The normalized spacial score (nSPS) is 10.8. The lowest BCUT2D eigenvalue weighted by Crippen LogP contribution is -2.25. The zero-order chi connectivity index (χ0) is 18.6. The summed E-state index contributed by atoms with van der Waals surface area (Å²) in [7, 11) is 0. The molecule has 1 heterocycles.